The lowest BCUT2D eigenvalue weighted by atomic mass is 9.76. The zero-order chi connectivity index (χ0) is 16.1. The molecule has 0 aliphatic carbocycles. The summed E-state index contributed by atoms with van der Waals surface area (Å²) in [5.74, 6) is -0.266. The number of nitrogens with zero attached hydrogens (tertiary/aromatic N) is 1. The number of rotatable bonds is 4. The fourth-order valence-corrected chi connectivity index (χ4v) is 2.41. The van der Waals surface area contributed by atoms with Gasteiger partial charge < -0.3 is 19.8 Å². The molecule has 0 aromatic heterocycles. The number of carbonyl (C=O) groups is 2. The number of ether oxygens (including phenoxy) is 2. The second kappa shape index (κ2) is 6.91. The van der Waals surface area contributed by atoms with E-state index in [0.29, 0.717) is 39.0 Å². The van der Waals surface area contributed by atoms with Crippen LogP contribution in [0.2, 0.25) is 0 Å². The van der Waals surface area contributed by atoms with Crippen molar-refractivity contribution in [2.75, 3.05) is 19.7 Å². The number of esters is 1. The lowest BCUT2D eigenvalue weighted by molar-refractivity contribution is -0.158. The summed E-state index contributed by atoms with van der Waals surface area (Å²) in [6.45, 7) is 8.47. The monoisotopic (exact) mass is 298 g/mol. The van der Waals surface area contributed by atoms with Crippen molar-refractivity contribution in [2.45, 2.75) is 52.6 Å². The Morgan fingerprint density at radius 2 is 1.86 bits per heavy atom. The van der Waals surface area contributed by atoms with Crippen LogP contribution < -0.4 is 0 Å². The molecule has 0 atom stereocenters. The molecule has 0 unspecified atom stereocenters. The van der Waals surface area contributed by atoms with Gasteiger partial charge in [0.1, 0.15) is 5.60 Å². The van der Waals surface area contributed by atoms with Gasteiger partial charge in [0.25, 0.3) is 0 Å². The average Bonchev–Trinajstić information content (AvgIpc) is 2.38. The first-order valence-corrected chi connectivity index (χ1v) is 7.38. The van der Waals surface area contributed by atoms with Gasteiger partial charge in [-0.3, -0.25) is 4.79 Å². The van der Waals surface area contributed by atoms with E-state index in [1.54, 1.807) is 11.8 Å². The summed E-state index contributed by atoms with van der Waals surface area (Å²) in [6.07, 6.45) is 2.25. The number of amides is 1. The molecule has 6 heteroatoms. The maximum Gasteiger partial charge on any atom is 0.410 e. The normalized spacial score (nSPS) is 18.0. The topological polar surface area (TPSA) is 79.7 Å². The van der Waals surface area contributed by atoms with Crippen LogP contribution in [-0.4, -0.2) is 48.5 Å². The van der Waals surface area contributed by atoms with Crippen LogP contribution in [0.15, 0.2) is 0 Å². The average molecular weight is 298 g/mol. The third-order valence-corrected chi connectivity index (χ3v) is 3.57. The molecule has 0 saturated carbocycles. The maximum absolute atomic E-state index is 12.2. The van der Waals surface area contributed by atoms with E-state index in [1.807, 2.05) is 20.8 Å². The Morgan fingerprint density at radius 1 is 1.29 bits per heavy atom. The molecule has 1 N–H and O–H groups in total. The van der Waals surface area contributed by atoms with Gasteiger partial charge in [-0.25, -0.2) is 4.79 Å². The molecule has 0 spiro atoms. The predicted octanol–water partition coefficient (Wildman–Crippen LogP) is 2.61. The van der Waals surface area contributed by atoms with E-state index in [1.165, 1.54) is 6.21 Å². The van der Waals surface area contributed by atoms with E-state index >= 15 is 0 Å². The molecule has 1 rings (SSSR count). The van der Waals surface area contributed by atoms with Gasteiger partial charge in [0.05, 0.1) is 12.0 Å². The summed E-state index contributed by atoms with van der Waals surface area (Å²) < 4.78 is 10.5. The maximum atomic E-state index is 12.2. The molecule has 0 radical (unpaired) electrons. The molecule has 21 heavy (non-hydrogen) atoms. The van der Waals surface area contributed by atoms with Gasteiger partial charge in [-0.1, -0.05) is 0 Å². The zero-order valence-corrected chi connectivity index (χ0v) is 13.4. The fraction of sp³-hybridized carbons (Fsp3) is 0.800. The molecule has 1 aliphatic heterocycles. The molecule has 0 aromatic carbocycles. The van der Waals surface area contributed by atoms with Crippen molar-refractivity contribution in [3.63, 3.8) is 0 Å². The third-order valence-electron chi connectivity index (χ3n) is 3.57. The third kappa shape index (κ3) is 4.72. The number of hydrogen-bond acceptors (Lipinski definition) is 5. The summed E-state index contributed by atoms with van der Waals surface area (Å²) in [5, 5.41) is 7.30. The standard InChI is InChI=1S/C15H26N2O4/c1-5-20-12(18)15(6-9-16)7-10-17(11-8-15)13(19)21-14(2,3)4/h9,16H,5-8,10-11H2,1-4H3. The molecule has 1 aliphatic rings. The second-order valence-electron chi connectivity index (χ2n) is 6.38. The Labute approximate surface area is 126 Å². The smallest absolute Gasteiger partial charge is 0.410 e. The van der Waals surface area contributed by atoms with Gasteiger partial charge in [0.15, 0.2) is 0 Å². The highest BCUT2D eigenvalue weighted by Crippen LogP contribution is 2.36. The minimum absolute atomic E-state index is 0.266. The summed E-state index contributed by atoms with van der Waals surface area (Å²) in [6, 6.07) is 0. The van der Waals surface area contributed by atoms with Crippen molar-refractivity contribution in [3.8, 4) is 0 Å². The highest BCUT2D eigenvalue weighted by atomic mass is 16.6. The molecule has 6 nitrogen and oxygen atoms in total. The Hall–Kier alpha value is -1.59. The number of carbonyl (C=O) groups excluding carboxylic acids is 2. The van der Waals surface area contributed by atoms with Crippen LogP contribution >= 0.6 is 0 Å². The summed E-state index contributed by atoms with van der Waals surface area (Å²) in [5.41, 5.74) is -1.20. The van der Waals surface area contributed by atoms with Gasteiger partial charge in [-0.05, 0) is 53.2 Å². The van der Waals surface area contributed by atoms with Crippen LogP contribution in [0.3, 0.4) is 0 Å². The van der Waals surface area contributed by atoms with Crippen molar-refractivity contribution in [1.29, 1.82) is 5.41 Å². The highest BCUT2D eigenvalue weighted by Gasteiger charge is 2.43. The molecule has 0 aromatic rings. The van der Waals surface area contributed by atoms with E-state index in [2.05, 4.69) is 0 Å². The molecular formula is C15H26N2O4. The van der Waals surface area contributed by atoms with Gasteiger partial charge in [0.2, 0.25) is 0 Å². The van der Waals surface area contributed by atoms with Gasteiger partial charge in [-0.2, -0.15) is 0 Å². The van der Waals surface area contributed by atoms with Gasteiger partial charge >= 0.3 is 12.1 Å². The van der Waals surface area contributed by atoms with Crippen molar-refractivity contribution < 1.29 is 19.1 Å². The van der Waals surface area contributed by atoms with E-state index in [9.17, 15) is 9.59 Å². The van der Waals surface area contributed by atoms with Gasteiger partial charge in [0, 0.05) is 13.1 Å². The van der Waals surface area contributed by atoms with Crippen LogP contribution in [0.1, 0.15) is 47.0 Å². The highest BCUT2D eigenvalue weighted by molar-refractivity contribution is 5.81. The minimum Gasteiger partial charge on any atom is -0.466 e. The number of piperidine rings is 1. The van der Waals surface area contributed by atoms with Crippen molar-refractivity contribution in [3.05, 3.63) is 0 Å². The Bertz CT molecular complexity index is 393. The van der Waals surface area contributed by atoms with Crippen molar-refractivity contribution in [1.82, 2.24) is 4.90 Å². The molecule has 1 heterocycles. The Kier molecular flexibility index (Phi) is 5.75. The first kappa shape index (κ1) is 17.5. The number of hydrogen-bond donors (Lipinski definition) is 1. The number of likely N-dealkylation sites (tertiary alicyclic amines) is 1. The number of nitrogens with one attached hydrogen (secondary N) is 1. The fourth-order valence-electron chi connectivity index (χ4n) is 2.41. The van der Waals surface area contributed by atoms with E-state index < -0.39 is 11.0 Å². The minimum atomic E-state index is -0.670. The largest absolute Gasteiger partial charge is 0.466 e. The van der Waals surface area contributed by atoms with Crippen LogP contribution in [0.25, 0.3) is 0 Å². The molecule has 0 bridgehead atoms. The Morgan fingerprint density at radius 3 is 2.29 bits per heavy atom. The van der Waals surface area contributed by atoms with Crippen LogP contribution in [0.4, 0.5) is 4.79 Å². The molecule has 1 amide bonds. The molecule has 1 saturated heterocycles. The van der Waals surface area contributed by atoms with Crippen LogP contribution in [0, 0.1) is 10.8 Å². The summed E-state index contributed by atoms with van der Waals surface area (Å²) in [7, 11) is 0. The van der Waals surface area contributed by atoms with Crippen LogP contribution in [0.5, 0.6) is 0 Å². The van der Waals surface area contributed by atoms with E-state index in [4.69, 9.17) is 14.9 Å². The zero-order valence-electron chi connectivity index (χ0n) is 13.4. The molecule has 120 valence electrons. The van der Waals surface area contributed by atoms with Gasteiger partial charge in [-0.15, -0.1) is 0 Å². The first-order valence-electron chi connectivity index (χ1n) is 7.38. The van der Waals surface area contributed by atoms with E-state index in [0.717, 1.165) is 0 Å². The van der Waals surface area contributed by atoms with Crippen molar-refractivity contribution in [2.24, 2.45) is 5.41 Å². The lowest BCUT2D eigenvalue weighted by Gasteiger charge is -2.39. The molecule has 1 fully saturated rings. The summed E-state index contributed by atoms with van der Waals surface area (Å²) in [4.78, 5) is 25.8. The second-order valence-corrected chi connectivity index (χ2v) is 6.38. The quantitative estimate of drug-likeness (QED) is 0.639. The van der Waals surface area contributed by atoms with Crippen molar-refractivity contribution >= 4 is 18.3 Å². The predicted molar refractivity (Wildman–Crippen MR) is 79.5 cm³/mol. The summed E-state index contributed by atoms with van der Waals surface area (Å²) >= 11 is 0. The van der Waals surface area contributed by atoms with E-state index in [-0.39, 0.29) is 12.1 Å². The SMILES string of the molecule is CCOC(=O)C1(CC=N)CCN(C(=O)OC(C)(C)C)CC1. The van der Waals surface area contributed by atoms with Crippen LogP contribution in [-0.2, 0) is 14.3 Å². The lowest BCUT2D eigenvalue weighted by Crippen LogP contribution is -2.48. The molecular weight excluding hydrogens is 272 g/mol. The first-order chi connectivity index (χ1) is 9.74. The Balaban J connectivity index is 2.68.